The molecular formula is C12H13NO5. The van der Waals surface area contributed by atoms with E-state index in [-0.39, 0.29) is 29.8 Å². The monoisotopic (exact) mass is 251 g/mol. The van der Waals surface area contributed by atoms with Crippen molar-refractivity contribution < 1.29 is 23.9 Å². The molecule has 6 heteroatoms. The highest BCUT2D eigenvalue weighted by Gasteiger charge is 2.30. The van der Waals surface area contributed by atoms with Crippen molar-refractivity contribution in [1.82, 2.24) is 4.90 Å². The molecule has 0 atom stereocenters. The van der Waals surface area contributed by atoms with Gasteiger partial charge in [0.2, 0.25) is 11.8 Å². The summed E-state index contributed by atoms with van der Waals surface area (Å²) in [7, 11) is 0. The van der Waals surface area contributed by atoms with Gasteiger partial charge in [-0.25, -0.2) is 4.79 Å². The van der Waals surface area contributed by atoms with Crippen LogP contribution in [0.2, 0.25) is 0 Å². The van der Waals surface area contributed by atoms with E-state index >= 15 is 0 Å². The van der Waals surface area contributed by atoms with E-state index in [1.54, 1.807) is 0 Å². The number of amides is 2. The Hall–Kier alpha value is -2.11. The number of furan rings is 1. The molecule has 1 N–H and O–H groups in total. The van der Waals surface area contributed by atoms with Gasteiger partial charge in [0.05, 0.1) is 12.1 Å². The highest BCUT2D eigenvalue weighted by Crippen LogP contribution is 2.21. The minimum atomic E-state index is -1.10. The van der Waals surface area contributed by atoms with E-state index in [9.17, 15) is 14.4 Å². The third kappa shape index (κ3) is 2.42. The fraction of sp³-hybridized carbons (Fsp3) is 0.417. The maximum Gasteiger partial charge on any atom is 0.338 e. The van der Waals surface area contributed by atoms with Gasteiger partial charge in [-0.3, -0.25) is 14.5 Å². The van der Waals surface area contributed by atoms with E-state index in [4.69, 9.17) is 9.52 Å². The molecule has 0 saturated carbocycles. The lowest BCUT2D eigenvalue weighted by atomic mass is 9.98. The molecule has 0 bridgehead atoms. The molecule has 18 heavy (non-hydrogen) atoms. The van der Waals surface area contributed by atoms with Gasteiger partial charge in [-0.2, -0.15) is 0 Å². The average molecular weight is 251 g/mol. The van der Waals surface area contributed by atoms with Gasteiger partial charge in [0, 0.05) is 12.8 Å². The first-order valence-electron chi connectivity index (χ1n) is 5.61. The van der Waals surface area contributed by atoms with Crippen molar-refractivity contribution in [3.8, 4) is 0 Å². The van der Waals surface area contributed by atoms with E-state index in [1.165, 1.54) is 6.07 Å². The summed E-state index contributed by atoms with van der Waals surface area (Å²) in [5.41, 5.74) is 0.00951. The predicted molar refractivity (Wildman–Crippen MR) is 59.6 cm³/mol. The molecule has 6 nitrogen and oxygen atoms in total. The van der Waals surface area contributed by atoms with Gasteiger partial charge in [0.25, 0.3) is 0 Å². The second-order valence-corrected chi connectivity index (χ2v) is 4.49. The maximum absolute atomic E-state index is 11.7. The molecule has 1 saturated heterocycles. The van der Waals surface area contributed by atoms with Crippen molar-refractivity contribution in [2.45, 2.75) is 26.3 Å². The zero-order chi connectivity index (χ0) is 13.3. The molecule has 2 rings (SSSR count). The van der Waals surface area contributed by atoms with Crippen LogP contribution in [0, 0.1) is 5.92 Å². The lowest BCUT2D eigenvalue weighted by molar-refractivity contribution is -0.150. The molecule has 2 heterocycles. The molecule has 2 amide bonds. The Balaban J connectivity index is 2.10. The highest BCUT2D eigenvalue weighted by molar-refractivity contribution is 5.97. The summed E-state index contributed by atoms with van der Waals surface area (Å²) < 4.78 is 5.03. The Morgan fingerprint density at radius 1 is 1.44 bits per heavy atom. The van der Waals surface area contributed by atoms with Crippen LogP contribution < -0.4 is 0 Å². The van der Waals surface area contributed by atoms with Crippen LogP contribution in [0.5, 0.6) is 0 Å². The number of aromatic carboxylic acids is 1. The van der Waals surface area contributed by atoms with Gasteiger partial charge in [-0.1, -0.05) is 6.92 Å². The SMILES string of the molecule is CC1CC(=O)N(Cc2cc(C(=O)O)co2)C(=O)C1. The molecule has 0 unspecified atom stereocenters. The maximum atomic E-state index is 11.7. The Morgan fingerprint density at radius 3 is 2.56 bits per heavy atom. The van der Waals surface area contributed by atoms with Crippen molar-refractivity contribution in [2.24, 2.45) is 5.92 Å². The van der Waals surface area contributed by atoms with E-state index in [0.29, 0.717) is 18.6 Å². The van der Waals surface area contributed by atoms with Crippen LogP contribution in [0.3, 0.4) is 0 Å². The average Bonchev–Trinajstić information content (AvgIpc) is 2.71. The summed E-state index contributed by atoms with van der Waals surface area (Å²) in [4.78, 5) is 35.2. The van der Waals surface area contributed by atoms with Crippen molar-refractivity contribution >= 4 is 17.8 Å². The normalized spacial score (nSPS) is 17.3. The van der Waals surface area contributed by atoms with Crippen LogP contribution in [0.25, 0.3) is 0 Å². The van der Waals surface area contributed by atoms with Gasteiger partial charge >= 0.3 is 5.97 Å². The number of nitrogens with zero attached hydrogens (tertiary/aromatic N) is 1. The third-order valence-corrected chi connectivity index (χ3v) is 2.86. The van der Waals surface area contributed by atoms with Crippen LogP contribution in [0.15, 0.2) is 16.7 Å². The van der Waals surface area contributed by atoms with Crippen molar-refractivity contribution in [1.29, 1.82) is 0 Å². The smallest absolute Gasteiger partial charge is 0.338 e. The molecule has 0 aliphatic carbocycles. The van der Waals surface area contributed by atoms with Crippen LogP contribution in [-0.2, 0) is 16.1 Å². The van der Waals surface area contributed by atoms with Crippen LogP contribution in [-0.4, -0.2) is 27.8 Å². The summed E-state index contributed by atoms with van der Waals surface area (Å²) in [6.07, 6.45) is 1.76. The quantitative estimate of drug-likeness (QED) is 0.817. The Bertz CT molecular complexity index is 486. The van der Waals surface area contributed by atoms with Gasteiger partial charge in [-0.15, -0.1) is 0 Å². The molecule has 0 spiro atoms. The van der Waals surface area contributed by atoms with E-state index in [2.05, 4.69) is 0 Å². The molecule has 1 aliphatic rings. The molecule has 96 valence electrons. The number of hydrogen-bond donors (Lipinski definition) is 1. The molecule has 0 aromatic carbocycles. The van der Waals surface area contributed by atoms with Gasteiger partial charge in [0.15, 0.2) is 0 Å². The lowest BCUT2D eigenvalue weighted by Gasteiger charge is -2.27. The molecule has 1 aliphatic heterocycles. The molecule has 1 fully saturated rings. The van der Waals surface area contributed by atoms with Crippen molar-refractivity contribution in [3.05, 3.63) is 23.7 Å². The molecule has 0 radical (unpaired) electrons. The zero-order valence-corrected chi connectivity index (χ0v) is 9.88. The minimum absolute atomic E-state index is 0.00231. The first kappa shape index (κ1) is 12.3. The van der Waals surface area contributed by atoms with Crippen molar-refractivity contribution in [3.63, 3.8) is 0 Å². The highest BCUT2D eigenvalue weighted by atomic mass is 16.4. The van der Waals surface area contributed by atoms with Crippen molar-refractivity contribution in [2.75, 3.05) is 0 Å². The second-order valence-electron chi connectivity index (χ2n) is 4.49. The summed E-state index contributed by atoms with van der Waals surface area (Å²) in [6, 6.07) is 1.32. The van der Waals surface area contributed by atoms with Gasteiger partial charge in [0.1, 0.15) is 12.0 Å². The van der Waals surface area contributed by atoms with Crippen LogP contribution in [0.4, 0.5) is 0 Å². The molecule has 1 aromatic heterocycles. The first-order valence-corrected chi connectivity index (χ1v) is 5.61. The standard InChI is InChI=1S/C12H13NO5/c1-7-2-10(14)13(11(15)3-7)5-9-4-8(6-18-9)12(16)17/h4,6-7H,2-3,5H2,1H3,(H,16,17). The lowest BCUT2D eigenvalue weighted by Crippen LogP contribution is -2.42. The summed E-state index contributed by atoms with van der Waals surface area (Å²) >= 11 is 0. The predicted octanol–water partition coefficient (Wildman–Crippen LogP) is 1.26. The van der Waals surface area contributed by atoms with E-state index in [0.717, 1.165) is 11.2 Å². The third-order valence-electron chi connectivity index (χ3n) is 2.86. The Morgan fingerprint density at radius 2 is 2.06 bits per heavy atom. The zero-order valence-electron chi connectivity index (χ0n) is 9.88. The summed E-state index contributed by atoms with van der Waals surface area (Å²) in [6.45, 7) is 1.85. The van der Waals surface area contributed by atoms with Crippen LogP contribution >= 0.6 is 0 Å². The van der Waals surface area contributed by atoms with Gasteiger partial charge < -0.3 is 9.52 Å². The fourth-order valence-electron chi connectivity index (χ4n) is 1.94. The fourth-order valence-corrected chi connectivity index (χ4v) is 1.94. The molecule has 1 aromatic rings. The Labute approximate surface area is 103 Å². The van der Waals surface area contributed by atoms with E-state index in [1.807, 2.05) is 6.92 Å². The topological polar surface area (TPSA) is 87.8 Å². The van der Waals surface area contributed by atoms with E-state index < -0.39 is 5.97 Å². The number of hydrogen-bond acceptors (Lipinski definition) is 4. The first-order chi connectivity index (χ1) is 8.47. The largest absolute Gasteiger partial charge is 0.478 e. The summed E-state index contributed by atoms with van der Waals surface area (Å²) in [5.74, 6) is -1.23. The molecular weight excluding hydrogens is 238 g/mol. The number of piperidine rings is 1. The number of imide groups is 1. The number of rotatable bonds is 3. The second kappa shape index (κ2) is 4.64. The number of likely N-dealkylation sites (tertiary alicyclic amines) is 1. The van der Waals surface area contributed by atoms with Gasteiger partial charge in [-0.05, 0) is 12.0 Å². The number of carbonyl (C=O) groups excluding carboxylic acids is 2. The summed E-state index contributed by atoms with van der Waals surface area (Å²) in [5, 5.41) is 8.74. The number of carbonyl (C=O) groups is 3. The number of carboxylic acids is 1. The number of carboxylic acid groups (broad SMARTS) is 1. The minimum Gasteiger partial charge on any atom is -0.478 e. The van der Waals surface area contributed by atoms with Crippen LogP contribution in [0.1, 0.15) is 35.9 Å². The Kier molecular flexibility index (Phi) is 3.18.